The Bertz CT molecular complexity index is 562. The molecular weight excluding hydrogens is 246 g/mol. The van der Waals surface area contributed by atoms with Gasteiger partial charge in [0.05, 0.1) is 12.7 Å². The summed E-state index contributed by atoms with van der Waals surface area (Å²) in [6.07, 6.45) is 5.21. The van der Waals surface area contributed by atoms with Gasteiger partial charge in [0, 0.05) is 22.3 Å². The number of fused-ring (bicyclic) bond motifs is 1. The molecule has 1 aliphatic carbocycles. The number of nitrogens with zero attached hydrogens (tertiary/aromatic N) is 2. The minimum absolute atomic E-state index is 0.155. The molecule has 0 amide bonds. The van der Waals surface area contributed by atoms with Gasteiger partial charge >= 0.3 is 0 Å². The molecule has 0 spiro atoms. The van der Waals surface area contributed by atoms with E-state index in [1.165, 1.54) is 16.8 Å². The smallest absolute Gasteiger partial charge is 0.0663 e. The molecule has 18 heavy (non-hydrogen) atoms. The van der Waals surface area contributed by atoms with Gasteiger partial charge in [-0.1, -0.05) is 23.7 Å². The summed E-state index contributed by atoms with van der Waals surface area (Å²) in [7, 11) is 0. The Morgan fingerprint density at radius 3 is 3.17 bits per heavy atom. The minimum Gasteiger partial charge on any atom is -0.324 e. The fraction of sp³-hybridized carbons (Fsp3) is 0.357. The standard InChI is InChI=1S/C14H16ClN3/c15-11-4-1-3-10(7-11)9-18-14-6-2-5-13(16)12(14)8-17-18/h1,3-4,7-8,13H,2,5-6,9,16H2. The molecule has 0 bridgehead atoms. The van der Waals surface area contributed by atoms with Gasteiger partial charge in [-0.2, -0.15) is 5.10 Å². The third kappa shape index (κ3) is 2.16. The fourth-order valence-corrected chi connectivity index (χ4v) is 2.81. The largest absolute Gasteiger partial charge is 0.324 e. The van der Waals surface area contributed by atoms with Crippen LogP contribution in [0, 0.1) is 0 Å². The van der Waals surface area contributed by atoms with E-state index in [9.17, 15) is 0 Å². The summed E-state index contributed by atoms with van der Waals surface area (Å²) in [5, 5.41) is 5.24. The molecule has 0 saturated carbocycles. The van der Waals surface area contributed by atoms with Gasteiger partial charge in [-0.15, -0.1) is 0 Å². The van der Waals surface area contributed by atoms with E-state index in [0.29, 0.717) is 0 Å². The van der Waals surface area contributed by atoms with Gasteiger partial charge in [0.15, 0.2) is 0 Å². The van der Waals surface area contributed by atoms with E-state index in [0.717, 1.165) is 30.8 Å². The van der Waals surface area contributed by atoms with Gasteiger partial charge in [0.25, 0.3) is 0 Å². The lowest BCUT2D eigenvalue weighted by atomic mass is 9.94. The molecule has 0 fully saturated rings. The quantitative estimate of drug-likeness (QED) is 0.903. The van der Waals surface area contributed by atoms with Crippen molar-refractivity contribution in [1.82, 2.24) is 9.78 Å². The van der Waals surface area contributed by atoms with Crippen LogP contribution in [0.1, 0.15) is 35.7 Å². The second kappa shape index (κ2) is 4.75. The van der Waals surface area contributed by atoms with E-state index >= 15 is 0 Å². The maximum atomic E-state index is 6.10. The molecule has 0 saturated heterocycles. The van der Waals surface area contributed by atoms with E-state index in [-0.39, 0.29) is 6.04 Å². The predicted octanol–water partition coefficient (Wildman–Crippen LogP) is 2.92. The van der Waals surface area contributed by atoms with Crippen LogP contribution in [0.5, 0.6) is 0 Å². The number of aromatic nitrogens is 2. The predicted molar refractivity (Wildman–Crippen MR) is 72.6 cm³/mol. The Hall–Kier alpha value is -1.32. The van der Waals surface area contributed by atoms with E-state index in [1.54, 1.807) is 0 Å². The monoisotopic (exact) mass is 261 g/mol. The molecular formula is C14H16ClN3. The van der Waals surface area contributed by atoms with Crippen molar-refractivity contribution in [2.45, 2.75) is 31.8 Å². The highest BCUT2D eigenvalue weighted by molar-refractivity contribution is 6.30. The third-order valence-electron chi connectivity index (χ3n) is 3.53. The van der Waals surface area contributed by atoms with Crippen LogP contribution in [0.25, 0.3) is 0 Å². The van der Waals surface area contributed by atoms with Crippen LogP contribution in [-0.2, 0) is 13.0 Å². The fourth-order valence-electron chi connectivity index (χ4n) is 2.60. The first-order valence-corrected chi connectivity index (χ1v) is 6.66. The minimum atomic E-state index is 0.155. The molecule has 1 aromatic heterocycles. The van der Waals surface area contributed by atoms with Gasteiger partial charge in [-0.3, -0.25) is 4.68 Å². The van der Waals surface area contributed by atoms with Gasteiger partial charge < -0.3 is 5.73 Å². The molecule has 94 valence electrons. The van der Waals surface area contributed by atoms with Crippen LogP contribution < -0.4 is 5.73 Å². The molecule has 1 aromatic carbocycles. The Labute approximate surface area is 112 Å². The van der Waals surface area contributed by atoms with Crippen LogP contribution in [0.2, 0.25) is 5.02 Å². The molecule has 2 N–H and O–H groups in total. The van der Waals surface area contributed by atoms with E-state index in [4.69, 9.17) is 17.3 Å². The van der Waals surface area contributed by atoms with E-state index < -0.39 is 0 Å². The molecule has 0 aliphatic heterocycles. The van der Waals surface area contributed by atoms with Crippen molar-refractivity contribution >= 4 is 11.6 Å². The van der Waals surface area contributed by atoms with Crippen molar-refractivity contribution in [3.63, 3.8) is 0 Å². The SMILES string of the molecule is NC1CCCc2c1cnn2Cc1cccc(Cl)c1. The number of nitrogens with two attached hydrogens (primary N) is 1. The van der Waals surface area contributed by atoms with E-state index in [2.05, 4.69) is 15.8 Å². The maximum absolute atomic E-state index is 6.10. The number of hydrogen-bond donors (Lipinski definition) is 1. The number of benzene rings is 1. The summed E-state index contributed by atoms with van der Waals surface area (Å²) in [6, 6.07) is 8.07. The van der Waals surface area contributed by atoms with Gasteiger partial charge in [0.1, 0.15) is 0 Å². The highest BCUT2D eigenvalue weighted by Gasteiger charge is 2.21. The van der Waals surface area contributed by atoms with Crippen molar-refractivity contribution in [3.8, 4) is 0 Å². The molecule has 1 atom stereocenters. The second-order valence-electron chi connectivity index (χ2n) is 4.83. The number of rotatable bonds is 2. The van der Waals surface area contributed by atoms with Crippen molar-refractivity contribution in [2.75, 3.05) is 0 Å². The van der Waals surface area contributed by atoms with Gasteiger partial charge in [0.2, 0.25) is 0 Å². The Balaban J connectivity index is 1.90. The molecule has 1 aliphatic rings. The number of hydrogen-bond acceptors (Lipinski definition) is 2. The zero-order valence-corrected chi connectivity index (χ0v) is 10.9. The summed E-state index contributed by atoms with van der Waals surface area (Å²) < 4.78 is 2.06. The molecule has 0 radical (unpaired) electrons. The lowest BCUT2D eigenvalue weighted by Gasteiger charge is -2.19. The summed E-state index contributed by atoms with van der Waals surface area (Å²) in [6.45, 7) is 0.766. The van der Waals surface area contributed by atoms with Crippen LogP contribution in [-0.4, -0.2) is 9.78 Å². The summed E-state index contributed by atoms with van der Waals surface area (Å²) in [4.78, 5) is 0. The van der Waals surface area contributed by atoms with Crippen molar-refractivity contribution < 1.29 is 0 Å². The summed E-state index contributed by atoms with van der Waals surface area (Å²) in [5.74, 6) is 0. The molecule has 1 unspecified atom stereocenters. The first-order valence-electron chi connectivity index (χ1n) is 6.28. The lowest BCUT2D eigenvalue weighted by Crippen LogP contribution is -2.18. The molecule has 1 heterocycles. The van der Waals surface area contributed by atoms with Crippen LogP contribution in [0.3, 0.4) is 0 Å². The Kier molecular flexibility index (Phi) is 3.10. The highest BCUT2D eigenvalue weighted by atomic mass is 35.5. The van der Waals surface area contributed by atoms with Crippen LogP contribution in [0.4, 0.5) is 0 Å². The number of halogens is 1. The third-order valence-corrected chi connectivity index (χ3v) is 3.77. The lowest BCUT2D eigenvalue weighted by molar-refractivity contribution is 0.537. The zero-order chi connectivity index (χ0) is 12.5. The average molecular weight is 262 g/mol. The van der Waals surface area contributed by atoms with Crippen LogP contribution >= 0.6 is 11.6 Å². The van der Waals surface area contributed by atoms with Crippen molar-refractivity contribution in [1.29, 1.82) is 0 Å². The summed E-state index contributed by atoms with van der Waals surface area (Å²) in [5.41, 5.74) is 9.77. The first kappa shape index (κ1) is 11.8. The molecule has 3 nitrogen and oxygen atoms in total. The van der Waals surface area contributed by atoms with E-state index in [1.807, 2.05) is 24.4 Å². The molecule has 3 rings (SSSR count). The summed E-state index contributed by atoms with van der Waals surface area (Å²) >= 11 is 6.00. The Morgan fingerprint density at radius 2 is 2.33 bits per heavy atom. The Morgan fingerprint density at radius 1 is 1.44 bits per heavy atom. The highest BCUT2D eigenvalue weighted by Crippen LogP contribution is 2.28. The van der Waals surface area contributed by atoms with Crippen molar-refractivity contribution in [3.05, 3.63) is 52.3 Å². The van der Waals surface area contributed by atoms with Gasteiger partial charge in [-0.25, -0.2) is 0 Å². The molecule has 4 heteroatoms. The molecule has 2 aromatic rings. The zero-order valence-electron chi connectivity index (χ0n) is 10.1. The second-order valence-corrected chi connectivity index (χ2v) is 5.27. The normalized spacial score (nSPS) is 18.7. The maximum Gasteiger partial charge on any atom is 0.0663 e. The topological polar surface area (TPSA) is 43.8 Å². The van der Waals surface area contributed by atoms with Gasteiger partial charge in [-0.05, 0) is 37.0 Å². The first-order chi connectivity index (χ1) is 8.74. The van der Waals surface area contributed by atoms with Crippen molar-refractivity contribution in [2.24, 2.45) is 5.73 Å². The van der Waals surface area contributed by atoms with Crippen LogP contribution in [0.15, 0.2) is 30.5 Å². The average Bonchev–Trinajstić information content (AvgIpc) is 2.74.